The van der Waals surface area contributed by atoms with Gasteiger partial charge in [0.1, 0.15) is 5.41 Å². The van der Waals surface area contributed by atoms with E-state index in [0.717, 1.165) is 5.56 Å². The Morgan fingerprint density at radius 2 is 2.32 bits per heavy atom. The summed E-state index contributed by atoms with van der Waals surface area (Å²) in [6.07, 6.45) is 1.59. The third-order valence-corrected chi connectivity index (χ3v) is 2.78. The van der Waals surface area contributed by atoms with Gasteiger partial charge in [-0.15, -0.1) is 0 Å². The molecule has 0 saturated heterocycles. The van der Waals surface area contributed by atoms with Crippen molar-refractivity contribution < 1.29 is 14.7 Å². The van der Waals surface area contributed by atoms with Crippen molar-refractivity contribution in [1.29, 1.82) is 0 Å². The number of hydrogen-bond donors (Lipinski definition) is 3. The zero-order valence-corrected chi connectivity index (χ0v) is 11.2. The van der Waals surface area contributed by atoms with Gasteiger partial charge in [0.05, 0.1) is 7.11 Å². The molecule has 0 unspecified atom stereocenters. The molecule has 0 fully saturated rings. The number of pyridine rings is 1. The highest BCUT2D eigenvalue weighted by Crippen LogP contribution is 2.16. The minimum atomic E-state index is -1.08. The fourth-order valence-electron chi connectivity index (χ4n) is 1.32. The van der Waals surface area contributed by atoms with E-state index >= 15 is 0 Å². The van der Waals surface area contributed by atoms with Gasteiger partial charge in [0.25, 0.3) is 0 Å². The molecule has 1 aromatic heterocycles. The van der Waals surface area contributed by atoms with Crippen LogP contribution < -0.4 is 15.8 Å². The minimum Gasteiger partial charge on any atom is -0.481 e. The number of carbonyl (C=O) groups excluding carboxylic acids is 1. The second-order valence-corrected chi connectivity index (χ2v) is 4.50. The summed E-state index contributed by atoms with van der Waals surface area (Å²) >= 11 is 0. The number of ether oxygens (including phenoxy) is 1. The van der Waals surface area contributed by atoms with E-state index < -0.39 is 5.41 Å². The maximum atomic E-state index is 12.0. The van der Waals surface area contributed by atoms with E-state index in [1.807, 2.05) is 0 Å². The Bertz CT molecular complexity index is 486. The van der Waals surface area contributed by atoms with Crippen LogP contribution in [0.25, 0.3) is 0 Å². The Morgan fingerprint density at radius 1 is 1.63 bits per heavy atom. The van der Waals surface area contributed by atoms with Gasteiger partial charge in [-0.25, -0.2) is 4.98 Å². The van der Waals surface area contributed by atoms with Crippen LogP contribution in [-0.4, -0.2) is 29.0 Å². The van der Waals surface area contributed by atoms with Crippen molar-refractivity contribution in [3.63, 3.8) is 0 Å². The molecule has 1 aromatic rings. The standard InChI is InChI=1S/C12H18N4O3/c1-12(2,10(13)16-18)11(17)15-7-8-4-5-14-9(6-8)19-3/h4-6,18H,7H2,1-3H3,(H2,13,16)(H,15,17). The van der Waals surface area contributed by atoms with E-state index in [4.69, 9.17) is 15.7 Å². The first-order valence-electron chi connectivity index (χ1n) is 5.67. The first-order chi connectivity index (χ1) is 8.91. The predicted molar refractivity (Wildman–Crippen MR) is 69.8 cm³/mol. The van der Waals surface area contributed by atoms with E-state index in [1.165, 1.54) is 7.11 Å². The summed E-state index contributed by atoms with van der Waals surface area (Å²) in [5.41, 5.74) is 5.24. The Hall–Kier alpha value is -2.31. The van der Waals surface area contributed by atoms with Crippen LogP contribution in [-0.2, 0) is 11.3 Å². The van der Waals surface area contributed by atoms with Crippen LogP contribution in [0.2, 0.25) is 0 Å². The highest BCUT2D eigenvalue weighted by Gasteiger charge is 2.32. The van der Waals surface area contributed by atoms with Crippen LogP contribution >= 0.6 is 0 Å². The van der Waals surface area contributed by atoms with Crippen LogP contribution in [0.3, 0.4) is 0 Å². The maximum absolute atomic E-state index is 12.0. The molecule has 0 aromatic carbocycles. The van der Waals surface area contributed by atoms with Crippen LogP contribution in [0, 0.1) is 5.41 Å². The molecule has 7 heteroatoms. The lowest BCUT2D eigenvalue weighted by atomic mass is 9.91. The van der Waals surface area contributed by atoms with Crippen molar-refractivity contribution in [2.24, 2.45) is 16.3 Å². The molecule has 0 atom stereocenters. The van der Waals surface area contributed by atoms with Crippen molar-refractivity contribution >= 4 is 11.7 Å². The van der Waals surface area contributed by atoms with Gasteiger partial charge in [-0.2, -0.15) is 0 Å². The average Bonchev–Trinajstić information content (AvgIpc) is 2.43. The summed E-state index contributed by atoms with van der Waals surface area (Å²) in [4.78, 5) is 15.9. The molecule has 1 rings (SSSR count). The molecule has 0 aliphatic heterocycles. The molecule has 104 valence electrons. The minimum absolute atomic E-state index is 0.141. The molecule has 19 heavy (non-hydrogen) atoms. The van der Waals surface area contributed by atoms with Gasteiger partial charge < -0.3 is 21.0 Å². The third kappa shape index (κ3) is 3.57. The molecule has 4 N–H and O–H groups in total. The normalized spacial score (nSPS) is 12.1. The summed E-state index contributed by atoms with van der Waals surface area (Å²) in [5.74, 6) is -0.00154. The van der Waals surface area contributed by atoms with Crippen molar-refractivity contribution in [2.75, 3.05) is 7.11 Å². The Balaban J connectivity index is 2.68. The van der Waals surface area contributed by atoms with Crippen molar-refractivity contribution in [3.05, 3.63) is 23.9 Å². The number of hydrogen-bond acceptors (Lipinski definition) is 5. The fraction of sp³-hybridized carbons (Fsp3) is 0.417. The number of amidine groups is 1. The smallest absolute Gasteiger partial charge is 0.233 e. The van der Waals surface area contributed by atoms with Gasteiger partial charge in [-0.3, -0.25) is 4.79 Å². The van der Waals surface area contributed by atoms with E-state index in [-0.39, 0.29) is 11.7 Å². The SMILES string of the molecule is COc1cc(CNC(=O)C(C)(C)C(N)=NO)ccn1. The number of amides is 1. The van der Waals surface area contributed by atoms with E-state index in [9.17, 15) is 4.79 Å². The number of carbonyl (C=O) groups is 1. The van der Waals surface area contributed by atoms with Crippen molar-refractivity contribution in [3.8, 4) is 5.88 Å². The van der Waals surface area contributed by atoms with Gasteiger partial charge in [0.15, 0.2) is 5.84 Å². The second kappa shape index (κ2) is 6.03. The number of nitrogens with one attached hydrogen (secondary N) is 1. The molecule has 0 spiro atoms. The molecule has 0 saturated carbocycles. The maximum Gasteiger partial charge on any atom is 0.233 e. The van der Waals surface area contributed by atoms with E-state index in [1.54, 1.807) is 32.2 Å². The summed E-state index contributed by atoms with van der Waals surface area (Å²) < 4.78 is 4.99. The van der Waals surface area contributed by atoms with Gasteiger partial charge in [-0.05, 0) is 25.5 Å². The van der Waals surface area contributed by atoms with Gasteiger partial charge in [-0.1, -0.05) is 5.16 Å². The van der Waals surface area contributed by atoms with Crippen LogP contribution in [0.15, 0.2) is 23.5 Å². The number of nitrogens with two attached hydrogens (primary N) is 1. The molecule has 1 amide bonds. The zero-order valence-electron chi connectivity index (χ0n) is 11.2. The summed E-state index contributed by atoms with van der Waals surface area (Å²) in [7, 11) is 1.52. The largest absolute Gasteiger partial charge is 0.481 e. The summed E-state index contributed by atoms with van der Waals surface area (Å²) in [6, 6.07) is 3.48. The van der Waals surface area contributed by atoms with Gasteiger partial charge in [0.2, 0.25) is 11.8 Å². The first kappa shape index (κ1) is 14.7. The Morgan fingerprint density at radius 3 is 2.89 bits per heavy atom. The molecule has 0 aliphatic carbocycles. The molecular weight excluding hydrogens is 248 g/mol. The van der Waals surface area contributed by atoms with Crippen LogP contribution in [0.5, 0.6) is 5.88 Å². The monoisotopic (exact) mass is 266 g/mol. The summed E-state index contributed by atoms with van der Waals surface area (Å²) in [6.45, 7) is 3.45. The number of aromatic nitrogens is 1. The molecule has 0 bridgehead atoms. The number of rotatable bonds is 5. The average molecular weight is 266 g/mol. The van der Waals surface area contributed by atoms with Crippen LogP contribution in [0.1, 0.15) is 19.4 Å². The highest BCUT2D eigenvalue weighted by atomic mass is 16.5. The van der Waals surface area contributed by atoms with Crippen LogP contribution in [0.4, 0.5) is 0 Å². The van der Waals surface area contributed by atoms with E-state index in [2.05, 4.69) is 15.5 Å². The third-order valence-electron chi connectivity index (χ3n) is 2.78. The quantitative estimate of drug-likeness (QED) is 0.311. The number of methoxy groups -OCH3 is 1. The number of nitrogens with zero attached hydrogens (tertiary/aromatic N) is 2. The van der Waals surface area contributed by atoms with Gasteiger partial charge in [0, 0.05) is 18.8 Å². The molecule has 1 heterocycles. The lowest BCUT2D eigenvalue weighted by molar-refractivity contribution is -0.126. The first-order valence-corrected chi connectivity index (χ1v) is 5.67. The fourth-order valence-corrected chi connectivity index (χ4v) is 1.32. The predicted octanol–water partition coefficient (Wildman–Crippen LogP) is 0.479. The topological polar surface area (TPSA) is 110 Å². The molecule has 7 nitrogen and oxygen atoms in total. The summed E-state index contributed by atoms with van der Waals surface area (Å²) in [5, 5.41) is 14.2. The molecule has 0 radical (unpaired) electrons. The second-order valence-electron chi connectivity index (χ2n) is 4.50. The van der Waals surface area contributed by atoms with Crippen molar-refractivity contribution in [1.82, 2.24) is 10.3 Å². The van der Waals surface area contributed by atoms with Crippen molar-refractivity contribution in [2.45, 2.75) is 20.4 Å². The lowest BCUT2D eigenvalue weighted by Gasteiger charge is -2.21. The zero-order chi connectivity index (χ0) is 14.5. The van der Waals surface area contributed by atoms with Gasteiger partial charge >= 0.3 is 0 Å². The highest BCUT2D eigenvalue weighted by molar-refractivity contribution is 6.05. The number of oxime groups is 1. The molecule has 0 aliphatic rings. The lowest BCUT2D eigenvalue weighted by Crippen LogP contribution is -2.45. The van der Waals surface area contributed by atoms with E-state index in [0.29, 0.717) is 12.4 Å². The Kier molecular flexibility index (Phi) is 4.68. The molecular formula is C12H18N4O3. The Labute approximate surface area is 111 Å².